The summed E-state index contributed by atoms with van der Waals surface area (Å²) in [6, 6.07) is 12.4. The number of aliphatic imine (C=N–C) groups is 1. The van der Waals surface area contributed by atoms with Gasteiger partial charge < -0.3 is 15.1 Å². The summed E-state index contributed by atoms with van der Waals surface area (Å²) in [4.78, 5) is 21.7. The van der Waals surface area contributed by atoms with Crippen LogP contribution in [0, 0.1) is 17.6 Å². The average Bonchev–Trinajstić information content (AvgIpc) is 3.12. The van der Waals surface area contributed by atoms with Crippen molar-refractivity contribution < 1.29 is 13.6 Å². The summed E-state index contributed by atoms with van der Waals surface area (Å²) < 4.78 is 27.0. The van der Waals surface area contributed by atoms with E-state index < -0.39 is 0 Å². The smallest absolute Gasteiger partial charge is 0.226 e. The molecule has 0 saturated carbocycles. The third-order valence-electron chi connectivity index (χ3n) is 6.96. The minimum absolute atomic E-state index is 0.0847. The Balaban J connectivity index is 1.23. The fourth-order valence-electron chi connectivity index (χ4n) is 4.95. The standard InChI is InChI=1S/C29H30F2N4O/c30-23-7-5-22(6-8-23)27-20-35(26-11-9-24(31)10-12-26)28(33-27)19-29(36)34-16-13-21(14-17-34)18-25-4-2-1-3-15-32-25/h1-2,4-12,15,20-21,28,33H,3,13-14,16-19H2. The second-order valence-electron chi connectivity index (χ2n) is 9.46. The molecule has 1 fully saturated rings. The normalized spacial score (nSPS) is 20.1. The Morgan fingerprint density at radius 3 is 2.42 bits per heavy atom. The van der Waals surface area contributed by atoms with E-state index in [1.54, 1.807) is 24.3 Å². The first-order valence-corrected chi connectivity index (χ1v) is 12.5. The number of hydrogen-bond donors (Lipinski definition) is 1. The largest absolute Gasteiger partial charge is 0.363 e. The lowest BCUT2D eigenvalue weighted by molar-refractivity contribution is -0.133. The molecule has 1 amide bonds. The Bertz CT molecular complexity index is 1190. The van der Waals surface area contributed by atoms with E-state index in [4.69, 9.17) is 0 Å². The number of nitrogens with zero attached hydrogens (tertiary/aromatic N) is 3. The number of rotatable bonds is 6. The molecule has 2 aromatic carbocycles. The van der Waals surface area contributed by atoms with Gasteiger partial charge in [-0.15, -0.1) is 0 Å². The van der Waals surface area contributed by atoms with Gasteiger partial charge in [-0.05, 0) is 85.4 Å². The van der Waals surface area contributed by atoms with E-state index in [1.165, 1.54) is 24.3 Å². The van der Waals surface area contributed by atoms with Gasteiger partial charge in [0.25, 0.3) is 0 Å². The number of amides is 1. The SMILES string of the molecule is O=C(CC1NC(c2ccc(F)cc2)=CN1c1ccc(F)cc1)N1CCC(CC2=CC=CCC=N2)CC1. The van der Waals surface area contributed by atoms with Gasteiger partial charge in [-0.3, -0.25) is 9.79 Å². The molecular formula is C29H30F2N4O. The predicted molar refractivity (Wildman–Crippen MR) is 139 cm³/mol. The van der Waals surface area contributed by atoms with Crippen molar-refractivity contribution in [3.05, 3.63) is 95.9 Å². The highest BCUT2D eigenvalue weighted by Gasteiger charge is 2.31. The Morgan fingerprint density at radius 2 is 1.69 bits per heavy atom. The highest BCUT2D eigenvalue weighted by Crippen LogP contribution is 2.30. The summed E-state index contributed by atoms with van der Waals surface area (Å²) in [6.45, 7) is 1.47. The van der Waals surface area contributed by atoms with Crippen LogP contribution < -0.4 is 10.2 Å². The van der Waals surface area contributed by atoms with Crippen molar-refractivity contribution in [2.45, 2.75) is 38.3 Å². The molecule has 1 unspecified atom stereocenters. The van der Waals surface area contributed by atoms with E-state index in [9.17, 15) is 13.6 Å². The number of halogens is 2. The summed E-state index contributed by atoms with van der Waals surface area (Å²) >= 11 is 0. The molecule has 3 aliphatic rings. The highest BCUT2D eigenvalue weighted by molar-refractivity contribution is 5.80. The van der Waals surface area contributed by atoms with Crippen molar-refractivity contribution in [1.82, 2.24) is 10.2 Å². The number of allylic oxidation sites excluding steroid dienone is 4. The maximum absolute atomic E-state index is 13.5. The molecule has 0 aromatic heterocycles. The van der Waals surface area contributed by atoms with Gasteiger partial charge >= 0.3 is 0 Å². The van der Waals surface area contributed by atoms with Crippen LogP contribution in [0.25, 0.3) is 5.70 Å². The second-order valence-corrected chi connectivity index (χ2v) is 9.46. The number of nitrogens with one attached hydrogen (secondary N) is 1. The number of carbonyl (C=O) groups is 1. The molecule has 1 atom stereocenters. The highest BCUT2D eigenvalue weighted by atomic mass is 19.1. The van der Waals surface area contributed by atoms with Crippen molar-refractivity contribution in [1.29, 1.82) is 0 Å². The third-order valence-corrected chi connectivity index (χ3v) is 6.96. The molecule has 36 heavy (non-hydrogen) atoms. The first-order valence-electron chi connectivity index (χ1n) is 12.5. The van der Waals surface area contributed by atoms with Gasteiger partial charge in [0, 0.05) is 43.3 Å². The minimum Gasteiger partial charge on any atom is -0.363 e. The van der Waals surface area contributed by atoms with Gasteiger partial charge in [0.1, 0.15) is 17.8 Å². The predicted octanol–water partition coefficient (Wildman–Crippen LogP) is 5.63. The molecule has 186 valence electrons. The maximum atomic E-state index is 13.5. The monoisotopic (exact) mass is 488 g/mol. The van der Waals surface area contributed by atoms with Crippen LogP contribution in [0.5, 0.6) is 0 Å². The molecule has 0 radical (unpaired) electrons. The van der Waals surface area contributed by atoms with Crippen molar-refractivity contribution in [2.75, 3.05) is 18.0 Å². The molecule has 0 bridgehead atoms. The number of anilines is 1. The Labute approximate surface area is 210 Å². The molecule has 7 heteroatoms. The van der Waals surface area contributed by atoms with Crippen molar-refractivity contribution in [3.8, 4) is 0 Å². The molecule has 0 spiro atoms. The van der Waals surface area contributed by atoms with Gasteiger partial charge in [0.05, 0.1) is 12.1 Å². The number of likely N-dealkylation sites (tertiary alicyclic amines) is 1. The fraction of sp³-hybridized carbons (Fsp3) is 0.310. The molecule has 3 heterocycles. The Kier molecular flexibility index (Phi) is 7.26. The van der Waals surface area contributed by atoms with Crippen LogP contribution in [-0.2, 0) is 4.79 Å². The summed E-state index contributed by atoms with van der Waals surface area (Å²) in [5, 5.41) is 3.42. The van der Waals surface area contributed by atoms with Crippen LogP contribution >= 0.6 is 0 Å². The van der Waals surface area contributed by atoms with Gasteiger partial charge in [-0.2, -0.15) is 0 Å². The molecule has 1 N–H and O–H groups in total. The van der Waals surface area contributed by atoms with E-state index in [2.05, 4.69) is 28.5 Å². The van der Waals surface area contributed by atoms with Crippen molar-refractivity contribution in [2.24, 2.45) is 10.9 Å². The van der Waals surface area contributed by atoms with Crippen LogP contribution in [0.3, 0.4) is 0 Å². The number of piperidine rings is 1. The maximum Gasteiger partial charge on any atom is 0.226 e. The molecule has 5 nitrogen and oxygen atoms in total. The van der Waals surface area contributed by atoms with E-state index in [0.717, 1.165) is 61.4 Å². The van der Waals surface area contributed by atoms with Crippen LogP contribution in [-0.4, -0.2) is 36.3 Å². The van der Waals surface area contributed by atoms with Crippen LogP contribution in [0.2, 0.25) is 0 Å². The minimum atomic E-state index is -0.321. The van der Waals surface area contributed by atoms with Gasteiger partial charge in [-0.25, -0.2) is 8.78 Å². The molecular weight excluding hydrogens is 458 g/mol. The average molecular weight is 489 g/mol. The number of hydrogen-bond acceptors (Lipinski definition) is 4. The van der Waals surface area contributed by atoms with Crippen LogP contribution in [0.1, 0.15) is 37.7 Å². The zero-order valence-corrected chi connectivity index (χ0v) is 20.1. The van der Waals surface area contributed by atoms with Gasteiger partial charge in [0.2, 0.25) is 5.91 Å². The first kappa shape index (κ1) is 24.0. The van der Waals surface area contributed by atoms with Gasteiger partial charge in [0.15, 0.2) is 0 Å². The summed E-state index contributed by atoms with van der Waals surface area (Å²) in [6.07, 6.45) is 13.8. The lowest BCUT2D eigenvalue weighted by Gasteiger charge is -2.34. The molecule has 2 aromatic rings. The first-order chi connectivity index (χ1) is 17.5. The lowest BCUT2D eigenvalue weighted by atomic mass is 9.92. The van der Waals surface area contributed by atoms with Gasteiger partial charge in [-0.1, -0.05) is 12.2 Å². The van der Waals surface area contributed by atoms with Crippen LogP contribution in [0.4, 0.5) is 14.5 Å². The van der Waals surface area contributed by atoms with E-state index in [-0.39, 0.29) is 30.1 Å². The van der Waals surface area contributed by atoms with E-state index in [0.29, 0.717) is 5.92 Å². The zero-order chi connectivity index (χ0) is 24.9. The Morgan fingerprint density at radius 1 is 1.00 bits per heavy atom. The number of carbonyl (C=O) groups excluding carboxylic acids is 1. The molecule has 5 rings (SSSR count). The van der Waals surface area contributed by atoms with Crippen molar-refractivity contribution in [3.63, 3.8) is 0 Å². The number of benzene rings is 2. The zero-order valence-electron chi connectivity index (χ0n) is 20.1. The molecule has 3 aliphatic heterocycles. The fourth-order valence-corrected chi connectivity index (χ4v) is 4.95. The Hall–Kier alpha value is -3.74. The summed E-state index contributed by atoms with van der Waals surface area (Å²) in [5.74, 6) is -0.00981. The topological polar surface area (TPSA) is 47.9 Å². The molecule has 1 saturated heterocycles. The second kappa shape index (κ2) is 10.9. The summed E-state index contributed by atoms with van der Waals surface area (Å²) in [5.41, 5.74) is 3.51. The lowest BCUT2D eigenvalue weighted by Crippen LogP contribution is -2.44. The quantitative estimate of drug-likeness (QED) is 0.573. The van der Waals surface area contributed by atoms with Crippen LogP contribution in [0.15, 0.2) is 83.6 Å². The van der Waals surface area contributed by atoms with E-state index in [1.807, 2.05) is 22.2 Å². The molecule has 0 aliphatic carbocycles. The van der Waals surface area contributed by atoms with Crippen molar-refractivity contribution >= 4 is 23.5 Å². The summed E-state index contributed by atoms with van der Waals surface area (Å²) in [7, 11) is 0. The third kappa shape index (κ3) is 5.73. The van der Waals surface area contributed by atoms with E-state index >= 15 is 0 Å².